The summed E-state index contributed by atoms with van der Waals surface area (Å²) in [4.78, 5) is 11.4. The van der Waals surface area contributed by atoms with E-state index >= 15 is 0 Å². The van der Waals surface area contributed by atoms with Gasteiger partial charge in [0.25, 0.3) is 0 Å². The first-order valence-electron chi connectivity index (χ1n) is 6.49. The molecule has 0 aliphatic rings. The van der Waals surface area contributed by atoms with Crippen LogP contribution in [0.5, 0.6) is 0 Å². The summed E-state index contributed by atoms with van der Waals surface area (Å²) in [5, 5.41) is 8.19. The van der Waals surface area contributed by atoms with Crippen LogP contribution in [-0.4, -0.2) is 20.0 Å². The molecular weight excluding hydrogens is 343 g/mol. The number of benzene rings is 2. The second kappa shape index (κ2) is 7.27. The Labute approximate surface area is 141 Å². The molecule has 3 nitrogen and oxygen atoms in total. The molecule has 3 atom stereocenters. The number of alkyl halides is 2. The van der Waals surface area contributed by atoms with E-state index in [-0.39, 0.29) is 5.56 Å². The van der Waals surface area contributed by atoms with E-state index in [4.69, 9.17) is 28.3 Å². The number of carboxylic acid groups (broad SMARTS) is 1. The topological polar surface area (TPSA) is 54.4 Å². The van der Waals surface area contributed by atoms with Gasteiger partial charge in [0.15, 0.2) is 0 Å². The molecule has 22 heavy (non-hydrogen) atoms. The molecule has 2 aromatic rings. The van der Waals surface area contributed by atoms with Gasteiger partial charge in [-0.05, 0) is 36.8 Å². The van der Waals surface area contributed by atoms with Crippen LogP contribution in [0.4, 0.5) is 0 Å². The van der Waals surface area contributed by atoms with Crippen LogP contribution in [0.25, 0.3) is 0 Å². The van der Waals surface area contributed by atoms with E-state index < -0.39 is 26.9 Å². The van der Waals surface area contributed by atoms with Gasteiger partial charge >= 0.3 is 5.97 Å². The number of carbonyl (C=O) groups is 1. The summed E-state index contributed by atoms with van der Waals surface area (Å²) in [5.74, 6) is -1.01. The van der Waals surface area contributed by atoms with Crippen molar-refractivity contribution in [3.63, 3.8) is 0 Å². The van der Waals surface area contributed by atoms with Crippen molar-refractivity contribution in [2.75, 3.05) is 0 Å². The largest absolute Gasteiger partial charge is 0.478 e. The first kappa shape index (κ1) is 17.0. The molecule has 0 radical (unpaired) electrons. The third-order valence-corrected chi connectivity index (χ3v) is 6.10. The van der Waals surface area contributed by atoms with Crippen molar-refractivity contribution in [3.05, 3.63) is 65.2 Å². The van der Waals surface area contributed by atoms with Gasteiger partial charge in [0.05, 0.1) is 21.7 Å². The molecule has 1 N–H and O–H groups in total. The van der Waals surface area contributed by atoms with Gasteiger partial charge < -0.3 is 5.11 Å². The number of carboxylic acids is 1. The quantitative estimate of drug-likeness (QED) is 0.810. The summed E-state index contributed by atoms with van der Waals surface area (Å²) in [6.07, 6.45) is 0. The molecule has 0 amide bonds. The van der Waals surface area contributed by atoms with Gasteiger partial charge in [-0.25, -0.2) is 4.79 Å². The van der Waals surface area contributed by atoms with Gasteiger partial charge in [0.2, 0.25) is 0 Å². The Hall–Kier alpha value is -1.36. The molecule has 0 saturated carbocycles. The van der Waals surface area contributed by atoms with Crippen molar-refractivity contribution in [2.45, 2.75) is 21.9 Å². The van der Waals surface area contributed by atoms with E-state index in [1.54, 1.807) is 24.3 Å². The SMILES string of the molecule is Cc1ccc(S(=O)C(Cl)C(Cl)c2ccc(C(=O)O)cc2)cc1. The second-order valence-electron chi connectivity index (χ2n) is 4.79. The smallest absolute Gasteiger partial charge is 0.335 e. The molecule has 2 rings (SSSR count). The van der Waals surface area contributed by atoms with Gasteiger partial charge in [-0.1, -0.05) is 29.8 Å². The lowest BCUT2D eigenvalue weighted by atomic mass is 10.1. The highest BCUT2D eigenvalue weighted by molar-refractivity contribution is 7.87. The van der Waals surface area contributed by atoms with Crippen LogP contribution in [0.2, 0.25) is 0 Å². The van der Waals surface area contributed by atoms with Gasteiger partial charge in [-0.3, -0.25) is 4.21 Å². The Morgan fingerprint density at radius 1 is 1.05 bits per heavy atom. The van der Waals surface area contributed by atoms with E-state index in [0.717, 1.165) is 5.56 Å². The average Bonchev–Trinajstić information content (AvgIpc) is 2.53. The minimum absolute atomic E-state index is 0.165. The lowest BCUT2D eigenvalue weighted by molar-refractivity contribution is 0.0697. The summed E-state index contributed by atoms with van der Waals surface area (Å²) in [5.41, 5.74) is 1.86. The maximum atomic E-state index is 12.4. The highest BCUT2D eigenvalue weighted by Crippen LogP contribution is 2.32. The minimum Gasteiger partial charge on any atom is -0.478 e. The summed E-state index contributed by atoms with van der Waals surface area (Å²) in [6.45, 7) is 1.94. The van der Waals surface area contributed by atoms with Crippen LogP contribution in [0.3, 0.4) is 0 Å². The Balaban J connectivity index is 2.17. The van der Waals surface area contributed by atoms with Crippen LogP contribution in [-0.2, 0) is 10.8 Å². The highest BCUT2D eigenvalue weighted by atomic mass is 35.5. The summed E-state index contributed by atoms with van der Waals surface area (Å²) in [7, 11) is -1.46. The van der Waals surface area contributed by atoms with Crippen molar-refractivity contribution < 1.29 is 14.1 Å². The molecular formula is C16H14Cl2O3S. The third kappa shape index (κ3) is 3.88. The second-order valence-corrected chi connectivity index (χ2v) is 7.56. The monoisotopic (exact) mass is 356 g/mol. The molecule has 0 aromatic heterocycles. The molecule has 116 valence electrons. The lowest BCUT2D eigenvalue weighted by Gasteiger charge is -2.16. The van der Waals surface area contributed by atoms with Crippen LogP contribution in [0, 0.1) is 6.92 Å². The maximum absolute atomic E-state index is 12.4. The number of halogens is 2. The number of aromatic carboxylic acids is 1. The minimum atomic E-state index is -1.46. The Morgan fingerprint density at radius 2 is 1.59 bits per heavy atom. The van der Waals surface area contributed by atoms with Gasteiger partial charge in [0, 0.05) is 4.90 Å². The molecule has 0 heterocycles. The molecule has 0 aliphatic heterocycles. The van der Waals surface area contributed by atoms with Crippen LogP contribution < -0.4 is 0 Å². The fourth-order valence-corrected chi connectivity index (χ4v) is 3.79. The van der Waals surface area contributed by atoms with Gasteiger partial charge in [-0.2, -0.15) is 0 Å². The van der Waals surface area contributed by atoms with Gasteiger partial charge in [0.1, 0.15) is 4.71 Å². The van der Waals surface area contributed by atoms with Crippen LogP contribution in [0.15, 0.2) is 53.4 Å². The Kier molecular flexibility index (Phi) is 5.62. The lowest BCUT2D eigenvalue weighted by Crippen LogP contribution is -2.14. The zero-order valence-electron chi connectivity index (χ0n) is 11.7. The van der Waals surface area contributed by atoms with Gasteiger partial charge in [-0.15, -0.1) is 23.2 Å². The average molecular weight is 357 g/mol. The van der Waals surface area contributed by atoms with Crippen molar-refractivity contribution >= 4 is 40.0 Å². The molecule has 0 spiro atoms. The molecule has 0 bridgehead atoms. The number of hydrogen-bond donors (Lipinski definition) is 1. The van der Waals surface area contributed by atoms with E-state index in [0.29, 0.717) is 10.5 Å². The van der Waals surface area contributed by atoms with E-state index in [1.165, 1.54) is 12.1 Å². The fraction of sp³-hybridized carbons (Fsp3) is 0.188. The number of hydrogen-bond acceptors (Lipinski definition) is 2. The molecule has 2 aromatic carbocycles. The summed E-state index contributed by atoms with van der Waals surface area (Å²) < 4.78 is 11.6. The molecule has 0 fully saturated rings. The zero-order chi connectivity index (χ0) is 16.3. The van der Waals surface area contributed by atoms with E-state index in [1.807, 2.05) is 19.1 Å². The Morgan fingerprint density at radius 3 is 2.09 bits per heavy atom. The third-order valence-electron chi connectivity index (χ3n) is 3.16. The normalized spacial score (nSPS) is 15.0. The predicted octanol–water partition coefficient (Wildman–Crippen LogP) is 4.35. The zero-order valence-corrected chi connectivity index (χ0v) is 14.0. The van der Waals surface area contributed by atoms with Crippen LogP contribution in [0.1, 0.15) is 26.9 Å². The number of aryl methyl sites for hydroxylation is 1. The van der Waals surface area contributed by atoms with Crippen molar-refractivity contribution in [2.24, 2.45) is 0 Å². The molecule has 3 unspecified atom stereocenters. The van der Waals surface area contributed by atoms with E-state index in [2.05, 4.69) is 0 Å². The molecule has 6 heteroatoms. The predicted molar refractivity (Wildman–Crippen MR) is 89.2 cm³/mol. The van der Waals surface area contributed by atoms with E-state index in [9.17, 15) is 9.00 Å². The molecule has 0 aliphatic carbocycles. The maximum Gasteiger partial charge on any atom is 0.335 e. The fourth-order valence-electron chi connectivity index (χ4n) is 1.87. The standard InChI is InChI=1S/C16H14Cl2O3S/c1-10-2-8-13(9-3-10)22(21)15(18)14(17)11-4-6-12(7-5-11)16(19)20/h2-9,14-15H,1H3,(H,19,20). The van der Waals surface area contributed by atoms with Crippen molar-refractivity contribution in [1.29, 1.82) is 0 Å². The molecule has 0 saturated heterocycles. The summed E-state index contributed by atoms with van der Waals surface area (Å²) in [6, 6.07) is 13.3. The van der Waals surface area contributed by atoms with Crippen molar-refractivity contribution in [1.82, 2.24) is 0 Å². The Bertz CT molecular complexity index is 684. The highest BCUT2D eigenvalue weighted by Gasteiger charge is 2.26. The van der Waals surface area contributed by atoms with Crippen LogP contribution >= 0.6 is 23.2 Å². The van der Waals surface area contributed by atoms with Crippen molar-refractivity contribution in [3.8, 4) is 0 Å². The summed E-state index contributed by atoms with van der Waals surface area (Å²) >= 11 is 12.5. The number of rotatable bonds is 5. The first-order chi connectivity index (χ1) is 10.4. The first-order valence-corrected chi connectivity index (χ1v) is 8.57.